The molecule has 0 spiro atoms. The topological polar surface area (TPSA) is 67.3 Å². The molecular formula is C8H6BrNO3S. The zero-order valence-corrected chi connectivity index (χ0v) is 9.39. The highest BCUT2D eigenvalue weighted by molar-refractivity contribution is 9.11. The lowest BCUT2D eigenvalue weighted by Gasteiger charge is -2.33. The van der Waals surface area contributed by atoms with Gasteiger partial charge in [-0.1, -0.05) is 0 Å². The molecular weight excluding hydrogens is 270 g/mol. The molecule has 1 N–H and O–H groups in total. The van der Waals surface area contributed by atoms with Crippen molar-refractivity contribution in [2.75, 3.05) is 0 Å². The molecule has 1 heterocycles. The molecule has 0 unspecified atom stereocenters. The molecule has 1 aromatic heterocycles. The van der Waals surface area contributed by atoms with Crippen LogP contribution >= 0.6 is 27.3 Å². The van der Waals surface area contributed by atoms with Crippen molar-refractivity contribution >= 4 is 39.0 Å². The van der Waals surface area contributed by atoms with Gasteiger partial charge in [0, 0.05) is 12.8 Å². The molecule has 2 rings (SSSR count). The van der Waals surface area contributed by atoms with Gasteiger partial charge in [-0.25, -0.2) is 4.98 Å². The van der Waals surface area contributed by atoms with Crippen molar-refractivity contribution in [1.29, 1.82) is 0 Å². The van der Waals surface area contributed by atoms with E-state index in [0.717, 1.165) is 3.79 Å². The minimum absolute atomic E-state index is 0.0151. The normalized spacial score (nSPS) is 19.1. The van der Waals surface area contributed by atoms with E-state index in [0.29, 0.717) is 5.01 Å². The largest absolute Gasteiger partial charge is 0.480 e. The molecule has 6 heteroatoms. The molecule has 1 aromatic rings. The number of thiazole rings is 1. The second kappa shape index (κ2) is 3.13. The maximum Gasteiger partial charge on any atom is 0.317 e. The van der Waals surface area contributed by atoms with Gasteiger partial charge >= 0.3 is 5.97 Å². The lowest BCUT2D eigenvalue weighted by molar-refractivity contribution is -0.153. The highest BCUT2D eigenvalue weighted by atomic mass is 79.9. The van der Waals surface area contributed by atoms with Crippen molar-refractivity contribution in [3.8, 4) is 0 Å². The average Bonchev–Trinajstić information content (AvgIpc) is 2.45. The first-order chi connectivity index (χ1) is 6.54. The van der Waals surface area contributed by atoms with Gasteiger partial charge in [0.2, 0.25) is 0 Å². The minimum Gasteiger partial charge on any atom is -0.480 e. The summed E-state index contributed by atoms with van der Waals surface area (Å²) in [5, 5.41) is 9.57. The van der Waals surface area contributed by atoms with Crippen molar-refractivity contribution in [3.63, 3.8) is 0 Å². The molecule has 1 aliphatic rings. The number of ketones is 1. The number of carboxylic acids is 1. The van der Waals surface area contributed by atoms with Gasteiger partial charge < -0.3 is 5.11 Å². The van der Waals surface area contributed by atoms with E-state index in [-0.39, 0.29) is 18.6 Å². The molecule has 0 saturated heterocycles. The van der Waals surface area contributed by atoms with Crippen molar-refractivity contribution in [2.45, 2.75) is 18.3 Å². The van der Waals surface area contributed by atoms with E-state index in [4.69, 9.17) is 5.11 Å². The van der Waals surface area contributed by atoms with Crippen LogP contribution in [0.4, 0.5) is 0 Å². The van der Waals surface area contributed by atoms with Crippen LogP contribution in [0.15, 0.2) is 9.98 Å². The number of nitrogens with zero attached hydrogens (tertiary/aromatic N) is 1. The summed E-state index contributed by atoms with van der Waals surface area (Å²) in [5.41, 5.74) is -1.05. The van der Waals surface area contributed by atoms with Gasteiger partial charge in [0.15, 0.2) is 0 Å². The highest BCUT2D eigenvalue weighted by Gasteiger charge is 2.53. The van der Waals surface area contributed by atoms with Gasteiger partial charge in [-0.3, -0.25) is 9.59 Å². The van der Waals surface area contributed by atoms with Crippen LogP contribution in [0.2, 0.25) is 0 Å². The first-order valence-electron chi connectivity index (χ1n) is 3.91. The van der Waals surface area contributed by atoms with E-state index in [1.165, 1.54) is 11.3 Å². The molecule has 0 bridgehead atoms. The van der Waals surface area contributed by atoms with Gasteiger partial charge in [-0.2, -0.15) is 0 Å². The summed E-state index contributed by atoms with van der Waals surface area (Å²) >= 11 is 4.49. The van der Waals surface area contributed by atoms with Crippen LogP contribution in [0.25, 0.3) is 0 Å². The zero-order chi connectivity index (χ0) is 10.3. The van der Waals surface area contributed by atoms with E-state index in [9.17, 15) is 9.59 Å². The number of hydrogen-bond donors (Lipinski definition) is 1. The zero-order valence-electron chi connectivity index (χ0n) is 6.99. The second-order valence-electron chi connectivity index (χ2n) is 3.25. The van der Waals surface area contributed by atoms with Crippen LogP contribution in [-0.2, 0) is 15.0 Å². The van der Waals surface area contributed by atoms with Crippen molar-refractivity contribution < 1.29 is 14.7 Å². The van der Waals surface area contributed by atoms with Gasteiger partial charge in [-0.15, -0.1) is 11.3 Å². The summed E-state index contributed by atoms with van der Waals surface area (Å²) < 4.78 is 0.785. The fourth-order valence-corrected chi connectivity index (χ4v) is 2.88. The number of carboxylic acid groups (broad SMARTS) is 1. The maximum absolute atomic E-state index is 11.1. The number of hydrogen-bond acceptors (Lipinski definition) is 4. The van der Waals surface area contributed by atoms with Gasteiger partial charge in [0.05, 0.1) is 9.98 Å². The molecule has 4 nitrogen and oxygen atoms in total. The average molecular weight is 276 g/mol. The third kappa shape index (κ3) is 1.29. The number of Topliss-reactive ketones (excluding diaryl/α,β-unsaturated/α-hetero) is 1. The maximum atomic E-state index is 11.1. The predicted octanol–water partition coefficient (Wildman–Crippen LogP) is 1.59. The lowest BCUT2D eigenvalue weighted by Crippen LogP contribution is -2.48. The van der Waals surface area contributed by atoms with E-state index < -0.39 is 11.4 Å². The van der Waals surface area contributed by atoms with Crippen LogP contribution in [0.1, 0.15) is 17.8 Å². The smallest absolute Gasteiger partial charge is 0.317 e. The van der Waals surface area contributed by atoms with Crippen molar-refractivity contribution in [3.05, 3.63) is 15.0 Å². The van der Waals surface area contributed by atoms with Crippen molar-refractivity contribution in [2.24, 2.45) is 0 Å². The third-order valence-corrected chi connectivity index (χ3v) is 3.97. The third-order valence-electron chi connectivity index (χ3n) is 2.29. The number of aliphatic carboxylic acids is 1. The Morgan fingerprint density at radius 2 is 2.29 bits per heavy atom. The SMILES string of the molecule is O=C1CC(C(=O)O)(c2ncc(Br)s2)C1. The molecule has 0 aliphatic heterocycles. The molecule has 1 fully saturated rings. The Balaban J connectivity index is 2.38. The monoisotopic (exact) mass is 275 g/mol. The molecule has 74 valence electrons. The molecule has 14 heavy (non-hydrogen) atoms. The molecule has 0 amide bonds. The summed E-state index contributed by atoms with van der Waals surface area (Å²) in [7, 11) is 0. The fraction of sp³-hybridized carbons (Fsp3) is 0.375. The molecule has 0 aromatic carbocycles. The summed E-state index contributed by atoms with van der Waals surface area (Å²) in [5.74, 6) is -0.974. The standard InChI is InChI=1S/C8H6BrNO3S/c9-5-3-10-6(14-5)8(7(12)13)1-4(11)2-8/h3H,1-2H2,(H,12,13). The Bertz CT molecular complexity index is 406. The summed E-state index contributed by atoms with van der Waals surface area (Å²) in [6, 6.07) is 0. The molecule has 0 radical (unpaired) electrons. The molecule has 0 atom stereocenters. The lowest BCUT2D eigenvalue weighted by atomic mass is 9.68. The van der Waals surface area contributed by atoms with Crippen LogP contribution in [0.3, 0.4) is 0 Å². The Morgan fingerprint density at radius 3 is 2.64 bits per heavy atom. The Kier molecular flexibility index (Phi) is 2.19. The number of halogens is 1. The summed E-state index contributed by atoms with van der Waals surface area (Å²) in [6.45, 7) is 0. The summed E-state index contributed by atoms with van der Waals surface area (Å²) in [4.78, 5) is 26.0. The highest BCUT2D eigenvalue weighted by Crippen LogP contribution is 2.43. The van der Waals surface area contributed by atoms with Crippen LogP contribution < -0.4 is 0 Å². The van der Waals surface area contributed by atoms with E-state index in [1.54, 1.807) is 6.20 Å². The Labute approximate surface area is 92.1 Å². The van der Waals surface area contributed by atoms with Crippen LogP contribution in [0, 0.1) is 0 Å². The number of carbonyl (C=O) groups is 2. The minimum atomic E-state index is -1.05. The number of rotatable bonds is 2. The van der Waals surface area contributed by atoms with E-state index in [1.807, 2.05) is 0 Å². The predicted molar refractivity (Wildman–Crippen MR) is 53.4 cm³/mol. The molecule has 1 aliphatic carbocycles. The van der Waals surface area contributed by atoms with Crippen molar-refractivity contribution in [1.82, 2.24) is 4.98 Å². The first kappa shape index (κ1) is 9.79. The van der Waals surface area contributed by atoms with Crippen LogP contribution in [0.5, 0.6) is 0 Å². The van der Waals surface area contributed by atoms with Gasteiger partial charge in [0.25, 0.3) is 0 Å². The summed E-state index contributed by atoms with van der Waals surface area (Å²) in [6.07, 6.45) is 1.71. The van der Waals surface area contributed by atoms with Gasteiger partial charge in [-0.05, 0) is 15.9 Å². The molecule has 1 saturated carbocycles. The fourth-order valence-electron chi connectivity index (χ4n) is 1.49. The quantitative estimate of drug-likeness (QED) is 0.890. The Hall–Kier alpha value is -0.750. The Morgan fingerprint density at radius 1 is 1.64 bits per heavy atom. The number of carbonyl (C=O) groups excluding carboxylic acids is 1. The second-order valence-corrected chi connectivity index (χ2v) is 5.66. The van der Waals surface area contributed by atoms with E-state index >= 15 is 0 Å². The van der Waals surface area contributed by atoms with E-state index in [2.05, 4.69) is 20.9 Å². The van der Waals surface area contributed by atoms with Crippen LogP contribution in [-0.4, -0.2) is 21.8 Å². The first-order valence-corrected chi connectivity index (χ1v) is 5.52. The van der Waals surface area contributed by atoms with Gasteiger partial charge in [0.1, 0.15) is 16.2 Å². The number of aromatic nitrogens is 1.